The van der Waals surface area contributed by atoms with Crippen molar-refractivity contribution >= 4 is 39.8 Å². The summed E-state index contributed by atoms with van der Waals surface area (Å²) in [5.74, 6) is 0.217. The molecule has 0 saturated heterocycles. The number of aryl methyl sites for hydroxylation is 2. The molecule has 36 heavy (non-hydrogen) atoms. The summed E-state index contributed by atoms with van der Waals surface area (Å²) in [6, 6.07) is 14.2. The van der Waals surface area contributed by atoms with Crippen LogP contribution in [0.4, 0.5) is 10.8 Å². The Kier molecular flexibility index (Phi) is 7.90. The lowest BCUT2D eigenvalue weighted by Crippen LogP contribution is -2.12. The van der Waals surface area contributed by atoms with E-state index in [1.54, 1.807) is 0 Å². The fourth-order valence-corrected chi connectivity index (χ4v) is 6.49. The van der Waals surface area contributed by atoms with Crippen molar-refractivity contribution in [1.82, 2.24) is 4.98 Å². The molecule has 1 amide bonds. The number of nitrogens with one attached hydrogen (secondary N) is 1. The van der Waals surface area contributed by atoms with Gasteiger partial charge in [-0.25, -0.2) is 4.98 Å². The van der Waals surface area contributed by atoms with Crippen LogP contribution in [0.2, 0.25) is 0 Å². The van der Waals surface area contributed by atoms with Gasteiger partial charge in [0.15, 0.2) is 0 Å². The standard InChI is InChI=1S/C27H24N6OS2/c1-2-16-7-9-17(10-8-16)24-20(14-29)25(31)33-26(21(24)15-30)35-12-11-23(34)32-27-19(13-28)18-5-3-4-6-22(18)36-27/h7-10H,2-6,11-12H2,1H3,(H2,31,33)(H,32,34). The number of benzene rings is 1. The van der Waals surface area contributed by atoms with Crippen molar-refractivity contribution in [2.24, 2.45) is 0 Å². The second-order valence-corrected chi connectivity index (χ2v) is 10.6. The molecular weight excluding hydrogens is 488 g/mol. The number of hydrogen-bond donors (Lipinski definition) is 2. The Morgan fingerprint density at radius 2 is 1.78 bits per heavy atom. The van der Waals surface area contributed by atoms with Gasteiger partial charge in [0.2, 0.25) is 5.91 Å². The second kappa shape index (κ2) is 11.3. The number of nitrogens with zero attached hydrogens (tertiary/aromatic N) is 4. The number of carbonyl (C=O) groups excluding carboxylic acids is 1. The summed E-state index contributed by atoms with van der Waals surface area (Å²) in [5, 5.41) is 33.2. The van der Waals surface area contributed by atoms with Gasteiger partial charge < -0.3 is 11.1 Å². The van der Waals surface area contributed by atoms with Gasteiger partial charge in [-0.3, -0.25) is 4.79 Å². The predicted octanol–water partition coefficient (Wildman–Crippen LogP) is 5.57. The van der Waals surface area contributed by atoms with Crippen molar-refractivity contribution in [1.29, 1.82) is 15.8 Å². The van der Waals surface area contributed by atoms with Gasteiger partial charge in [-0.1, -0.05) is 31.2 Å². The molecule has 7 nitrogen and oxygen atoms in total. The highest BCUT2D eigenvalue weighted by Crippen LogP contribution is 2.38. The highest BCUT2D eigenvalue weighted by molar-refractivity contribution is 7.99. The zero-order valence-corrected chi connectivity index (χ0v) is 21.5. The molecule has 0 atom stereocenters. The molecule has 0 unspecified atom stereocenters. The van der Waals surface area contributed by atoms with Crippen molar-refractivity contribution in [3.63, 3.8) is 0 Å². The van der Waals surface area contributed by atoms with E-state index in [0.717, 1.165) is 48.8 Å². The molecule has 180 valence electrons. The Morgan fingerprint density at radius 1 is 1.08 bits per heavy atom. The molecule has 2 heterocycles. The van der Waals surface area contributed by atoms with Gasteiger partial charge in [-0.2, -0.15) is 15.8 Å². The number of carbonyl (C=O) groups is 1. The summed E-state index contributed by atoms with van der Waals surface area (Å²) in [7, 11) is 0. The van der Waals surface area contributed by atoms with E-state index in [0.29, 0.717) is 26.9 Å². The molecule has 1 aromatic carbocycles. The van der Waals surface area contributed by atoms with Crippen LogP contribution in [0.15, 0.2) is 29.3 Å². The lowest BCUT2D eigenvalue weighted by Gasteiger charge is -2.13. The third-order valence-corrected chi connectivity index (χ3v) is 8.35. The Balaban J connectivity index is 1.52. The van der Waals surface area contributed by atoms with Gasteiger partial charge in [0.05, 0.1) is 11.1 Å². The first-order chi connectivity index (χ1) is 17.5. The number of nitrogen functional groups attached to an aromatic ring is 1. The average molecular weight is 513 g/mol. The zero-order chi connectivity index (χ0) is 25.7. The van der Waals surface area contributed by atoms with Crippen LogP contribution < -0.4 is 11.1 Å². The third kappa shape index (κ3) is 5.06. The van der Waals surface area contributed by atoms with Crippen LogP contribution in [0.3, 0.4) is 0 Å². The van der Waals surface area contributed by atoms with E-state index < -0.39 is 0 Å². The minimum atomic E-state index is -0.201. The van der Waals surface area contributed by atoms with Gasteiger partial charge in [-0.15, -0.1) is 23.1 Å². The molecule has 1 aliphatic carbocycles. The maximum atomic E-state index is 12.7. The number of anilines is 2. The molecule has 0 radical (unpaired) electrons. The Hall–Kier alpha value is -3.84. The fourth-order valence-electron chi connectivity index (χ4n) is 4.30. The molecule has 0 aliphatic heterocycles. The molecule has 0 bridgehead atoms. The van der Waals surface area contributed by atoms with E-state index in [1.165, 1.54) is 28.0 Å². The normalized spacial score (nSPS) is 12.2. The number of thioether (sulfide) groups is 1. The first kappa shape index (κ1) is 25.3. The Labute approximate surface area is 218 Å². The first-order valence-electron chi connectivity index (χ1n) is 11.7. The number of hydrogen-bond acceptors (Lipinski definition) is 8. The van der Waals surface area contributed by atoms with Crippen molar-refractivity contribution < 1.29 is 4.79 Å². The SMILES string of the molecule is CCc1ccc(-c2c(C#N)c(N)nc(SCCC(=O)Nc3sc4c(c3C#N)CCCC4)c2C#N)cc1. The second-order valence-electron chi connectivity index (χ2n) is 8.37. The van der Waals surface area contributed by atoms with E-state index in [-0.39, 0.29) is 29.3 Å². The van der Waals surface area contributed by atoms with Crippen molar-refractivity contribution in [2.75, 3.05) is 16.8 Å². The highest BCUT2D eigenvalue weighted by atomic mass is 32.2. The van der Waals surface area contributed by atoms with E-state index >= 15 is 0 Å². The van der Waals surface area contributed by atoms with E-state index in [4.69, 9.17) is 5.73 Å². The summed E-state index contributed by atoms with van der Waals surface area (Å²) < 4.78 is 0. The van der Waals surface area contributed by atoms with Gasteiger partial charge in [0, 0.05) is 22.6 Å². The molecule has 1 aliphatic rings. The van der Waals surface area contributed by atoms with Gasteiger partial charge in [0.25, 0.3) is 0 Å². The number of nitrogens with two attached hydrogens (primary N) is 1. The van der Waals surface area contributed by atoms with E-state index in [1.807, 2.05) is 24.3 Å². The summed E-state index contributed by atoms with van der Waals surface area (Å²) in [6.45, 7) is 2.06. The molecule has 4 rings (SSSR count). The van der Waals surface area contributed by atoms with Crippen molar-refractivity contribution in [3.8, 4) is 29.3 Å². The maximum absolute atomic E-state index is 12.7. The van der Waals surface area contributed by atoms with Crippen molar-refractivity contribution in [3.05, 3.63) is 57.0 Å². The van der Waals surface area contributed by atoms with Crippen LogP contribution in [0.1, 0.15) is 58.9 Å². The molecule has 9 heteroatoms. The highest BCUT2D eigenvalue weighted by Gasteiger charge is 2.23. The van der Waals surface area contributed by atoms with Crippen molar-refractivity contribution in [2.45, 2.75) is 50.5 Å². The molecule has 3 aromatic rings. The summed E-state index contributed by atoms with van der Waals surface area (Å²) in [5.41, 5.74) is 10.5. The summed E-state index contributed by atoms with van der Waals surface area (Å²) in [6.07, 6.45) is 5.05. The summed E-state index contributed by atoms with van der Waals surface area (Å²) >= 11 is 2.75. The number of amides is 1. The van der Waals surface area contributed by atoms with Crippen LogP contribution in [-0.4, -0.2) is 16.6 Å². The van der Waals surface area contributed by atoms with Gasteiger partial charge >= 0.3 is 0 Å². The molecule has 0 saturated carbocycles. The fraction of sp³-hybridized carbons (Fsp3) is 0.296. The Bertz CT molecular complexity index is 1440. The topological polar surface area (TPSA) is 139 Å². The minimum absolute atomic E-state index is 0.0563. The molecule has 0 spiro atoms. The number of pyridine rings is 1. The third-order valence-electron chi connectivity index (χ3n) is 6.17. The lowest BCUT2D eigenvalue weighted by molar-refractivity contribution is -0.115. The maximum Gasteiger partial charge on any atom is 0.225 e. The predicted molar refractivity (Wildman–Crippen MR) is 143 cm³/mol. The zero-order valence-electron chi connectivity index (χ0n) is 19.9. The van der Waals surface area contributed by atoms with Crippen LogP contribution in [0.25, 0.3) is 11.1 Å². The smallest absolute Gasteiger partial charge is 0.225 e. The number of rotatable bonds is 7. The number of thiophene rings is 1. The first-order valence-corrected chi connectivity index (χ1v) is 13.5. The largest absolute Gasteiger partial charge is 0.383 e. The molecule has 0 fully saturated rings. The Morgan fingerprint density at radius 3 is 2.44 bits per heavy atom. The van der Waals surface area contributed by atoms with E-state index in [2.05, 4.69) is 35.4 Å². The quantitative estimate of drug-likeness (QED) is 0.394. The minimum Gasteiger partial charge on any atom is -0.383 e. The van der Waals surface area contributed by atoms with Crippen LogP contribution in [-0.2, 0) is 24.1 Å². The van der Waals surface area contributed by atoms with Gasteiger partial charge in [-0.05, 0) is 48.8 Å². The summed E-state index contributed by atoms with van der Waals surface area (Å²) in [4.78, 5) is 18.2. The van der Waals surface area contributed by atoms with Crippen LogP contribution in [0.5, 0.6) is 0 Å². The van der Waals surface area contributed by atoms with E-state index in [9.17, 15) is 20.6 Å². The molecule has 3 N–H and O–H groups in total. The number of fused-ring (bicyclic) bond motifs is 1. The molecular formula is C27H24N6OS2. The lowest BCUT2D eigenvalue weighted by atomic mass is 9.96. The van der Waals surface area contributed by atoms with Crippen LogP contribution >= 0.6 is 23.1 Å². The van der Waals surface area contributed by atoms with Crippen LogP contribution in [0, 0.1) is 34.0 Å². The molecule has 2 aromatic heterocycles. The van der Waals surface area contributed by atoms with Gasteiger partial charge in [0.1, 0.15) is 39.6 Å². The number of nitriles is 3. The average Bonchev–Trinajstić information content (AvgIpc) is 3.25. The monoisotopic (exact) mass is 512 g/mol. The number of aromatic nitrogens is 1.